The molecular formula is C22H27N5O4. The van der Waals surface area contributed by atoms with Gasteiger partial charge in [-0.3, -0.25) is 9.59 Å². The van der Waals surface area contributed by atoms with Crippen LogP contribution in [-0.4, -0.2) is 57.0 Å². The number of carbonyl (C=O) groups is 2. The number of amides is 2. The predicted molar refractivity (Wildman–Crippen MR) is 117 cm³/mol. The first kappa shape index (κ1) is 20.9. The van der Waals surface area contributed by atoms with E-state index < -0.39 is 6.04 Å². The molecule has 1 N–H and O–H groups in total. The number of para-hydroxylation sites is 1. The quantitative estimate of drug-likeness (QED) is 0.691. The highest BCUT2D eigenvalue weighted by atomic mass is 16.6. The molecule has 9 nitrogen and oxygen atoms in total. The lowest BCUT2D eigenvalue weighted by molar-refractivity contribution is -0.124. The molecule has 1 aliphatic heterocycles. The van der Waals surface area contributed by atoms with Gasteiger partial charge >= 0.3 is 6.09 Å². The lowest BCUT2D eigenvalue weighted by atomic mass is 10.0. The summed E-state index contributed by atoms with van der Waals surface area (Å²) >= 11 is 0. The summed E-state index contributed by atoms with van der Waals surface area (Å²) in [6.45, 7) is 5.01. The van der Waals surface area contributed by atoms with Crippen molar-refractivity contribution >= 4 is 33.8 Å². The number of aryl methyl sites for hydroxylation is 1. The number of piperidine rings is 1. The van der Waals surface area contributed by atoms with Crippen LogP contribution in [0.15, 0.2) is 35.3 Å². The molecule has 1 saturated heterocycles. The molecule has 2 aromatic heterocycles. The predicted octanol–water partition coefficient (Wildman–Crippen LogP) is 2.19. The van der Waals surface area contributed by atoms with Crippen LogP contribution in [0.25, 0.3) is 21.8 Å². The van der Waals surface area contributed by atoms with Crippen molar-refractivity contribution in [2.24, 2.45) is 7.05 Å². The van der Waals surface area contributed by atoms with Crippen LogP contribution < -0.4 is 10.9 Å². The highest BCUT2D eigenvalue weighted by molar-refractivity contribution is 6.08. The Bertz CT molecular complexity index is 1190. The Morgan fingerprint density at radius 3 is 2.65 bits per heavy atom. The van der Waals surface area contributed by atoms with E-state index in [2.05, 4.69) is 10.4 Å². The lowest BCUT2D eigenvalue weighted by Gasteiger charge is -2.32. The van der Waals surface area contributed by atoms with Crippen molar-refractivity contribution in [3.8, 4) is 0 Å². The fourth-order valence-electron chi connectivity index (χ4n) is 4.25. The minimum atomic E-state index is -0.583. The van der Waals surface area contributed by atoms with Gasteiger partial charge < -0.3 is 19.5 Å². The number of benzene rings is 1. The Balaban J connectivity index is 1.58. The molecule has 1 aliphatic rings. The fourth-order valence-corrected chi connectivity index (χ4v) is 4.25. The van der Waals surface area contributed by atoms with E-state index in [1.54, 1.807) is 36.6 Å². The largest absolute Gasteiger partial charge is 0.450 e. The SMILES string of the molecule is CCOC(=O)N1CCC(NC(=O)[C@H](C)n2c3ccccc3c3cnn(C)c(=O)c32)CC1. The van der Waals surface area contributed by atoms with Gasteiger partial charge in [-0.15, -0.1) is 0 Å². The molecule has 1 aromatic carbocycles. The monoisotopic (exact) mass is 425 g/mol. The van der Waals surface area contributed by atoms with Gasteiger partial charge in [-0.05, 0) is 32.8 Å². The number of hydrogen-bond acceptors (Lipinski definition) is 5. The lowest BCUT2D eigenvalue weighted by Crippen LogP contribution is -2.48. The standard InChI is InChI=1S/C22H27N5O4/c1-4-31-22(30)26-11-9-15(10-12-26)24-20(28)14(2)27-18-8-6-5-7-16(18)17-13-23-25(3)21(29)19(17)27/h5-8,13-15H,4,9-12H2,1-3H3,(H,24,28)/t14-/m0/s1. The van der Waals surface area contributed by atoms with E-state index in [9.17, 15) is 14.4 Å². The summed E-state index contributed by atoms with van der Waals surface area (Å²) in [4.78, 5) is 39.6. The third-order valence-electron chi connectivity index (χ3n) is 5.94. The van der Waals surface area contributed by atoms with Crippen molar-refractivity contribution in [3.05, 3.63) is 40.8 Å². The fraction of sp³-hybridized carbons (Fsp3) is 0.455. The first-order valence-corrected chi connectivity index (χ1v) is 10.6. The van der Waals surface area contributed by atoms with Crippen LogP contribution in [0.2, 0.25) is 0 Å². The molecule has 2 amide bonds. The first-order chi connectivity index (χ1) is 14.9. The number of fused-ring (bicyclic) bond motifs is 3. The molecule has 0 spiro atoms. The van der Waals surface area contributed by atoms with Crippen molar-refractivity contribution < 1.29 is 14.3 Å². The average molecular weight is 425 g/mol. The van der Waals surface area contributed by atoms with Crippen molar-refractivity contribution in [3.63, 3.8) is 0 Å². The van der Waals surface area contributed by atoms with E-state index in [-0.39, 0.29) is 23.6 Å². The van der Waals surface area contributed by atoms with E-state index in [0.29, 0.717) is 38.1 Å². The summed E-state index contributed by atoms with van der Waals surface area (Å²) < 4.78 is 8.14. The Kier molecular flexibility index (Phi) is 5.67. The van der Waals surface area contributed by atoms with Gasteiger partial charge in [0.25, 0.3) is 5.56 Å². The second-order valence-corrected chi connectivity index (χ2v) is 7.87. The molecule has 1 atom stereocenters. The number of ether oxygens (including phenoxy) is 1. The summed E-state index contributed by atoms with van der Waals surface area (Å²) in [5.74, 6) is -0.156. The summed E-state index contributed by atoms with van der Waals surface area (Å²) in [5.41, 5.74) is 1.05. The van der Waals surface area contributed by atoms with Crippen molar-refractivity contribution in [1.29, 1.82) is 0 Å². The Labute approximate surface area is 179 Å². The topological polar surface area (TPSA) is 98.5 Å². The maximum atomic E-state index is 13.1. The first-order valence-electron chi connectivity index (χ1n) is 10.6. The summed E-state index contributed by atoms with van der Waals surface area (Å²) in [5, 5.41) is 8.88. The summed E-state index contributed by atoms with van der Waals surface area (Å²) in [7, 11) is 1.60. The van der Waals surface area contributed by atoms with E-state index in [0.717, 1.165) is 16.3 Å². The smallest absolute Gasteiger partial charge is 0.409 e. The zero-order valence-corrected chi connectivity index (χ0v) is 18.0. The molecule has 3 heterocycles. The summed E-state index contributed by atoms with van der Waals surface area (Å²) in [6.07, 6.45) is 2.69. The van der Waals surface area contributed by atoms with E-state index in [1.807, 2.05) is 24.3 Å². The van der Waals surface area contributed by atoms with Gasteiger partial charge in [-0.25, -0.2) is 9.48 Å². The van der Waals surface area contributed by atoms with Crippen molar-refractivity contribution in [1.82, 2.24) is 24.6 Å². The molecule has 0 unspecified atom stereocenters. The molecule has 4 rings (SSSR count). The van der Waals surface area contributed by atoms with Gasteiger partial charge in [0.1, 0.15) is 11.6 Å². The van der Waals surface area contributed by atoms with E-state index in [4.69, 9.17) is 4.74 Å². The second-order valence-electron chi connectivity index (χ2n) is 7.87. The average Bonchev–Trinajstić information content (AvgIpc) is 3.11. The molecule has 0 aliphatic carbocycles. The molecule has 0 saturated carbocycles. The normalized spacial score (nSPS) is 15.9. The maximum Gasteiger partial charge on any atom is 0.409 e. The number of hydrogen-bond donors (Lipinski definition) is 1. The number of carbonyl (C=O) groups excluding carboxylic acids is 2. The zero-order valence-electron chi connectivity index (χ0n) is 18.0. The minimum absolute atomic E-state index is 0.0294. The van der Waals surface area contributed by atoms with Crippen LogP contribution in [0.3, 0.4) is 0 Å². The minimum Gasteiger partial charge on any atom is -0.450 e. The van der Waals surface area contributed by atoms with E-state index in [1.165, 1.54) is 4.68 Å². The molecule has 0 bridgehead atoms. The maximum absolute atomic E-state index is 13.1. The van der Waals surface area contributed by atoms with Crippen LogP contribution >= 0.6 is 0 Å². The molecule has 9 heteroatoms. The van der Waals surface area contributed by atoms with Gasteiger partial charge in [-0.1, -0.05) is 18.2 Å². The van der Waals surface area contributed by atoms with Gasteiger partial charge in [0.2, 0.25) is 5.91 Å². The number of likely N-dealkylation sites (tertiary alicyclic amines) is 1. The Morgan fingerprint density at radius 2 is 1.94 bits per heavy atom. The zero-order chi connectivity index (χ0) is 22.1. The summed E-state index contributed by atoms with van der Waals surface area (Å²) in [6, 6.07) is 7.04. The van der Waals surface area contributed by atoms with Crippen LogP contribution in [-0.2, 0) is 16.6 Å². The van der Waals surface area contributed by atoms with Crippen LogP contribution in [0.1, 0.15) is 32.7 Å². The van der Waals surface area contributed by atoms with Crippen molar-refractivity contribution in [2.75, 3.05) is 19.7 Å². The highest BCUT2D eigenvalue weighted by Gasteiger charge is 2.28. The van der Waals surface area contributed by atoms with Gasteiger partial charge in [-0.2, -0.15) is 5.10 Å². The molecule has 3 aromatic rings. The van der Waals surface area contributed by atoms with Crippen LogP contribution in [0.5, 0.6) is 0 Å². The molecule has 0 radical (unpaired) electrons. The number of nitrogens with zero attached hydrogens (tertiary/aromatic N) is 4. The van der Waals surface area contributed by atoms with Gasteiger partial charge in [0, 0.05) is 37.0 Å². The number of aromatic nitrogens is 3. The molecular weight excluding hydrogens is 398 g/mol. The molecule has 164 valence electrons. The molecule has 1 fully saturated rings. The Morgan fingerprint density at radius 1 is 1.23 bits per heavy atom. The van der Waals surface area contributed by atoms with Crippen LogP contribution in [0, 0.1) is 0 Å². The van der Waals surface area contributed by atoms with Crippen LogP contribution in [0.4, 0.5) is 4.79 Å². The highest BCUT2D eigenvalue weighted by Crippen LogP contribution is 2.29. The van der Waals surface area contributed by atoms with E-state index >= 15 is 0 Å². The Hall–Kier alpha value is -3.36. The van der Waals surface area contributed by atoms with Gasteiger partial charge in [0.15, 0.2) is 0 Å². The molecule has 31 heavy (non-hydrogen) atoms. The second kappa shape index (κ2) is 8.41. The third kappa shape index (κ3) is 3.75. The third-order valence-corrected chi connectivity index (χ3v) is 5.94. The number of nitrogens with one attached hydrogen (secondary N) is 1. The number of rotatable bonds is 4. The van der Waals surface area contributed by atoms with Gasteiger partial charge in [0.05, 0.1) is 18.3 Å². The van der Waals surface area contributed by atoms with Crippen molar-refractivity contribution in [2.45, 2.75) is 38.8 Å².